The van der Waals surface area contributed by atoms with Gasteiger partial charge in [-0.2, -0.15) is 0 Å². The maximum atomic E-state index is 13.9. The smallest absolute Gasteiger partial charge is 0.123 e. The summed E-state index contributed by atoms with van der Waals surface area (Å²) in [4.78, 5) is 2.25. The summed E-state index contributed by atoms with van der Waals surface area (Å²) >= 11 is 0. The first kappa shape index (κ1) is 12.9. The highest BCUT2D eigenvalue weighted by Gasteiger charge is 2.47. The van der Waals surface area contributed by atoms with Crippen LogP contribution in [0.15, 0.2) is 60.7 Å². The van der Waals surface area contributed by atoms with E-state index in [1.165, 1.54) is 28.1 Å². The lowest BCUT2D eigenvalue weighted by atomic mass is 9.71. The molecule has 1 atom stereocenters. The van der Waals surface area contributed by atoms with Crippen molar-refractivity contribution in [3.8, 4) is 11.1 Å². The predicted molar refractivity (Wildman–Crippen MR) is 91.9 cm³/mol. The number of hydrogen-bond acceptors (Lipinski definition) is 1. The number of rotatable bonds is 0. The molecule has 1 aliphatic heterocycles. The molecule has 5 rings (SSSR count). The zero-order chi connectivity index (χ0) is 15.8. The molecule has 1 aliphatic carbocycles. The zero-order valence-corrected chi connectivity index (χ0v) is 13.1. The number of anilines is 2. The second-order valence-corrected chi connectivity index (χ2v) is 6.59. The lowest BCUT2D eigenvalue weighted by Gasteiger charge is -2.40. The molecule has 1 heterocycles. The molecule has 0 radical (unpaired) electrons. The number of benzene rings is 3. The predicted octanol–water partition coefficient (Wildman–Crippen LogP) is 5.24. The fourth-order valence-corrected chi connectivity index (χ4v) is 4.48. The van der Waals surface area contributed by atoms with E-state index in [2.05, 4.69) is 61.3 Å². The van der Waals surface area contributed by atoms with Crippen molar-refractivity contribution in [3.05, 3.63) is 83.2 Å². The van der Waals surface area contributed by atoms with Crippen molar-refractivity contribution in [3.63, 3.8) is 0 Å². The molecule has 0 saturated carbocycles. The van der Waals surface area contributed by atoms with Gasteiger partial charge in [0.2, 0.25) is 0 Å². The third-order valence-corrected chi connectivity index (χ3v) is 5.52. The van der Waals surface area contributed by atoms with Crippen LogP contribution in [0.1, 0.15) is 23.6 Å². The van der Waals surface area contributed by atoms with Crippen molar-refractivity contribution in [1.29, 1.82) is 0 Å². The Bertz CT molecular complexity index is 975. The van der Waals surface area contributed by atoms with Gasteiger partial charge in [0.1, 0.15) is 5.82 Å². The van der Waals surface area contributed by atoms with Crippen molar-refractivity contribution in [2.45, 2.75) is 12.3 Å². The van der Waals surface area contributed by atoms with E-state index in [4.69, 9.17) is 0 Å². The molecule has 3 aromatic rings. The van der Waals surface area contributed by atoms with E-state index in [0.717, 1.165) is 11.1 Å². The summed E-state index contributed by atoms with van der Waals surface area (Å²) in [7, 11) is 2.11. The van der Waals surface area contributed by atoms with Crippen molar-refractivity contribution < 1.29 is 4.39 Å². The fourth-order valence-electron chi connectivity index (χ4n) is 4.48. The van der Waals surface area contributed by atoms with Crippen molar-refractivity contribution >= 4 is 11.4 Å². The molecule has 0 bridgehead atoms. The lowest BCUT2D eigenvalue weighted by molar-refractivity contribution is 0.625. The monoisotopic (exact) mass is 301 g/mol. The highest BCUT2D eigenvalue weighted by molar-refractivity contribution is 5.93. The third-order valence-electron chi connectivity index (χ3n) is 5.52. The van der Waals surface area contributed by atoms with Gasteiger partial charge in [0.25, 0.3) is 0 Å². The van der Waals surface area contributed by atoms with Gasteiger partial charge in [-0.1, -0.05) is 36.4 Å². The van der Waals surface area contributed by atoms with Crippen LogP contribution >= 0.6 is 0 Å². The normalized spacial score (nSPS) is 20.0. The van der Waals surface area contributed by atoms with E-state index in [1.54, 1.807) is 12.1 Å². The Kier molecular flexibility index (Phi) is 2.25. The van der Waals surface area contributed by atoms with Gasteiger partial charge in [0.05, 0.1) is 0 Å². The first-order valence-electron chi connectivity index (χ1n) is 7.89. The Morgan fingerprint density at radius 2 is 1.61 bits per heavy atom. The van der Waals surface area contributed by atoms with E-state index >= 15 is 0 Å². The summed E-state index contributed by atoms with van der Waals surface area (Å²) in [5.41, 5.74) is 8.15. The Morgan fingerprint density at radius 3 is 2.48 bits per heavy atom. The van der Waals surface area contributed by atoms with E-state index < -0.39 is 0 Å². The molecule has 0 fully saturated rings. The van der Waals surface area contributed by atoms with Crippen LogP contribution in [0.4, 0.5) is 15.8 Å². The number of para-hydroxylation sites is 1. The van der Waals surface area contributed by atoms with Gasteiger partial charge in [-0.05, 0) is 59.0 Å². The molecule has 1 nitrogen and oxygen atoms in total. The minimum atomic E-state index is -0.224. The van der Waals surface area contributed by atoms with Gasteiger partial charge in [-0.25, -0.2) is 4.39 Å². The molecular weight excluding hydrogens is 285 g/mol. The minimum absolute atomic E-state index is 0.176. The molecule has 1 unspecified atom stereocenters. The number of halogens is 1. The number of fused-ring (bicyclic) bond motifs is 5. The van der Waals surface area contributed by atoms with E-state index in [0.29, 0.717) is 0 Å². The van der Waals surface area contributed by atoms with Gasteiger partial charge in [0.15, 0.2) is 0 Å². The van der Waals surface area contributed by atoms with Gasteiger partial charge in [0, 0.05) is 23.8 Å². The third kappa shape index (κ3) is 1.37. The van der Waals surface area contributed by atoms with Crippen LogP contribution in [0, 0.1) is 5.82 Å². The molecule has 0 N–H and O–H groups in total. The fraction of sp³-hybridized carbons (Fsp3) is 0.143. The molecule has 0 spiro atoms. The average molecular weight is 301 g/mol. The van der Waals surface area contributed by atoms with E-state index in [-0.39, 0.29) is 11.2 Å². The molecule has 0 aromatic heterocycles. The summed E-state index contributed by atoms with van der Waals surface area (Å²) in [6.45, 7) is 2.27. The number of hydrogen-bond donors (Lipinski definition) is 0. The Balaban J connectivity index is 1.99. The molecule has 0 amide bonds. The van der Waals surface area contributed by atoms with Crippen LogP contribution in [0.25, 0.3) is 11.1 Å². The highest BCUT2D eigenvalue weighted by atomic mass is 19.1. The van der Waals surface area contributed by atoms with Crippen molar-refractivity contribution in [1.82, 2.24) is 0 Å². The van der Waals surface area contributed by atoms with Crippen molar-refractivity contribution in [2.24, 2.45) is 0 Å². The molecule has 0 saturated heterocycles. The van der Waals surface area contributed by atoms with Gasteiger partial charge >= 0.3 is 0 Å². The Hall–Kier alpha value is -2.61. The maximum absolute atomic E-state index is 13.9. The Labute approximate surface area is 135 Å². The SMILES string of the molecule is CN1c2ccccc2C2(C)c3ccc(F)cc3-c3cccc1c32. The second-order valence-electron chi connectivity index (χ2n) is 6.59. The van der Waals surface area contributed by atoms with Gasteiger partial charge < -0.3 is 4.90 Å². The topological polar surface area (TPSA) is 3.24 Å². The van der Waals surface area contributed by atoms with Crippen LogP contribution < -0.4 is 4.90 Å². The summed E-state index contributed by atoms with van der Waals surface area (Å²) in [5.74, 6) is -0.176. The zero-order valence-electron chi connectivity index (χ0n) is 13.1. The van der Waals surface area contributed by atoms with E-state index in [1.807, 2.05) is 6.07 Å². The quantitative estimate of drug-likeness (QED) is 0.549. The summed E-state index contributed by atoms with van der Waals surface area (Å²) < 4.78 is 13.9. The van der Waals surface area contributed by atoms with Gasteiger partial charge in [-0.15, -0.1) is 0 Å². The molecule has 112 valence electrons. The molecule has 3 aromatic carbocycles. The highest BCUT2D eigenvalue weighted by Crippen LogP contribution is 2.60. The average Bonchev–Trinajstić information content (AvgIpc) is 2.84. The van der Waals surface area contributed by atoms with Crippen LogP contribution in [0.5, 0.6) is 0 Å². The largest absolute Gasteiger partial charge is 0.344 e. The summed E-state index contributed by atoms with van der Waals surface area (Å²) in [5, 5.41) is 0. The number of nitrogens with zero attached hydrogens (tertiary/aromatic N) is 1. The van der Waals surface area contributed by atoms with Crippen molar-refractivity contribution in [2.75, 3.05) is 11.9 Å². The van der Waals surface area contributed by atoms with Crippen LogP contribution in [0.3, 0.4) is 0 Å². The van der Waals surface area contributed by atoms with Gasteiger partial charge in [-0.3, -0.25) is 0 Å². The standard InChI is InChI=1S/C21H16FN/c1-21-16-11-10-13(22)12-15(16)14-6-5-9-19(20(14)21)23(2)18-8-4-3-7-17(18)21/h3-12H,1-2H3. The Morgan fingerprint density at radius 1 is 0.826 bits per heavy atom. The minimum Gasteiger partial charge on any atom is -0.344 e. The maximum Gasteiger partial charge on any atom is 0.123 e. The summed E-state index contributed by atoms with van der Waals surface area (Å²) in [6.07, 6.45) is 0. The van der Waals surface area contributed by atoms with Crippen LogP contribution in [0.2, 0.25) is 0 Å². The molecule has 23 heavy (non-hydrogen) atoms. The molecule has 2 aliphatic rings. The lowest BCUT2D eigenvalue weighted by Crippen LogP contribution is -2.32. The first-order valence-corrected chi connectivity index (χ1v) is 7.89. The summed E-state index contributed by atoms with van der Waals surface area (Å²) in [6, 6.07) is 20.1. The molecule has 2 heteroatoms. The van der Waals surface area contributed by atoms with E-state index in [9.17, 15) is 4.39 Å². The van der Waals surface area contributed by atoms with Crippen LogP contribution in [-0.4, -0.2) is 7.05 Å². The first-order chi connectivity index (χ1) is 11.1. The second kappa shape index (κ2) is 4.02. The molecular formula is C21H16FN. The van der Waals surface area contributed by atoms with Crippen LogP contribution in [-0.2, 0) is 5.41 Å².